The van der Waals surface area contributed by atoms with Crippen LogP contribution in [-0.2, 0) is 20.9 Å². The maximum Gasteiger partial charge on any atom is 0.217 e. The lowest BCUT2D eigenvalue weighted by Gasteiger charge is -2.31. The second kappa shape index (κ2) is 6.50. The first kappa shape index (κ1) is 13.8. The van der Waals surface area contributed by atoms with E-state index in [9.17, 15) is 4.79 Å². The fraction of sp³-hybridized carbons (Fsp3) is 0.400. The summed E-state index contributed by atoms with van der Waals surface area (Å²) in [6.07, 6.45) is 3.38. The van der Waals surface area contributed by atoms with Crippen molar-refractivity contribution in [1.29, 1.82) is 0 Å². The van der Waals surface area contributed by atoms with Crippen LogP contribution in [0, 0.1) is 0 Å². The van der Waals surface area contributed by atoms with Gasteiger partial charge in [-0.05, 0) is 12.5 Å². The number of rotatable bonds is 4. The van der Waals surface area contributed by atoms with Crippen molar-refractivity contribution >= 4 is 5.91 Å². The van der Waals surface area contributed by atoms with Gasteiger partial charge in [-0.25, -0.2) is 0 Å². The van der Waals surface area contributed by atoms with E-state index in [1.54, 1.807) is 0 Å². The van der Waals surface area contributed by atoms with Crippen molar-refractivity contribution < 1.29 is 14.3 Å². The normalized spacial score (nSPS) is 26.1. The molecule has 0 saturated carbocycles. The number of amides is 1. The molecule has 0 aliphatic carbocycles. The number of nitrogens with one attached hydrogen (secondary N) is 1. The Bertz CT molecular complexity index is 444. The first-order chi connectivity index (χ1) is 9.15. The summed E-state index contributed by atoms with van der Waals surface area (Å²) in [5, 5.41) is 2.81. The Hall–Kier alpha value is -1.65. The summed E-state index contributed by atoms with van der Waals surface area (Å²) in [6, 6.07) is 9.65. The third-order valence-electron chi connectivity index (χ3n) is 2.86. The highest BCUT2D eigenvalue weighted by atomic mass is 16.7. The molecule has 102 valence electrons. The molecule has 0 bridgehead atoms. The van der Waals surface area contributed by atoms with E-state index in [1.807, 2.05) is 49.4 Å². The molecule has 0 aromatic heterocycles. The Morgan fingerprint density at radius 2 is 2.05 bits per heavy atom. The fourth-order valence-corrected chi connectivity index (χ4v) is 1.95. The largest absolute Gasteiger partial charge is 0.345 e. The van der Waals surface area contributed by atoms with Gasteiger partial charge in [-0.1, -0.05) is 42.5 Å². The molecule has 1 aliphatic heterocycles. The van der Waals surface area contributed by atoms with Crippen LogP contribution >= 0.6 is 0 Å². The van der Waals surface area contributed by atoms with Gasteiger partial charge in [0.2, 0.25) is 5.91 Å². The SMILES string of the molecule is CC(=O)N[C@@H]1C=C[C@H](C)O[C@H]1OCc1ccccc1. The average molecular weight is 261 g/mol. The lowest BCUT2D eigenvalue weighted by Crippen LogP contribution is -2.47. The van der Waals surface area contributed by atoms with E-state index < -0.39 is 6.29 Å². The zero-order valence-electron chi connectivity index (χ0n) is 11.2. The van der Waals surface area contributed by atoms with E-state index >= 15 is 0 Å². The number of hydrogen-bond donors (Lipinski definition) is 1. The molecular formula is C15H19NO3. The third kappa shape index (κ3) is 4.19. The number of benzene rings is 1. The predicted octanol–water partition coefficient (Wildman–Crippen LogP) is 2.01. The topological polar surface area (TPSA) is 47.6 Å². The molecule has 0 unspecified atom stereocenters. The Morgan fingerprint density at radius 1 is 1.32 bits per heavy atom. The summed E-state index contributed by atoms with van der Waals surface area (Å²) < 4.78 is 11.5. The highest BCUT2D eigenvalue weighted by molar-refractivity contribution is 5.73. The molecule has 1 aromatic carbocycles. The molecular weight excluding hydrogens is 242 g/mol. The molecule has 3 atom stereocenters. The van der Waals surface area contributed by atoms with Crippen molar-refractivity contribution in [2.45, 2.75) is 38.9 Å². The second-order valence-electron chi connectivity index (χ2n) is 4.62. The van der Waals surface area contributed by atoms with E-state index in [1.165, 1.54) is 6.92 Å². The van der Waals surface area contributed by atoms with Crippen LogP contribution in [0.3, 0.4) is 0 Å². The molecule has 0 radical (unpaired) electrons. The van der Waals surface area contributed by atoms with Gasteiger partial charge in [0.1, 0.15) is 0 Å². The highest BCUT2D eigenvalue weighted by Gasteiger charge is 2.26. The first-order valence-corrected chi connectivity index (χ1v) is 6.41. The molecule has 4 heteroatoms. The molecule has 1 amide bonds. The van der Waals surface area contributed by atoms with Gasteiger partial charge in [0.05, 0.1) is 18.8 Å². The molecule has 1 aliphatic rings. The summed E-state index contributed by atoms with van der Waals surface area (Å²) in [7, 11) is 0. The van der Waals surface area contributed by atoms with Crippen molar-refractivity contribution in [1.82, 2.24) is 5.32 Å². The maximum atomic E-state index is 11.2. The molecule has 2 rings (SSSR count). The predicted molar refractivity (Wildman–Crippen MR) is 72.3 cm³/mol. The lowest BCUT2D eigenvalue weighted by molar-refractivity contribution is -0.179. The Balaban J connectivity index is 1.96. The van der Waals surface area contributed by atoms with Gasteiger partial charge in [0, 0.05) is 6.92 Å². The van der Waals surface area contributed by atoms with E-state index in [2.05, 4.69) is 5.32 Å². The molecule has 4 nitrogen and oxygen atoms in total. The van der Waals surface area contributed by atoms with E-state index in [-0.39, 0.29) is 18.1 Å². The quantitative estimate of drug-likeness (QED) is 0.843. The van der Waals surface area contributed by atoms with Gasteiger partial charge >= 0.3 is 0 Å². The minimum Gasteiger partial charge on any atom is -0.345 e. The summed E-state index contributed by atoms with van der Waals surface area (Å²) in [5.41, 5.74) is 1.08. The molecule has 1 aromatic rings. The minimum atomic E-state index is -0.455. The van der Waals surface area contributed by atoms with Crippen LogP contribution in [0.4, 0.5) is 0 Å². The number of carbonyl (C=O) groups is 1. The molecule has 1 N–H and O–H groups in total. The van der Waals surface area contributed by atoms with Gasteiger partial charge in [0.25, 0.3) is 0 Å². The van der Waals surface area contributed by atoms with Crippen LogP contribution in [0.2, 0.25) is 0 Å². The van der Waals surface area contributed by atoms with Gasteiger partial charge in [-0.15, -0.1) is 0 Å². The molecule has 19 heavy (non-hydrogen) atoms. The fourth-order valence-electron chi connectivity index (χ4n) is 1.95. The van der Waals surface area contributed by atoms with Crippen LogP contribution in [-0.4, -0.2) is 24.3 Å². The third-order valence-corrected chi connectivity index (χ3v) is 2.86. The molecule has 1 heterocycles. The van der Waals surface area contributed by atoms with Gasteiger partial charge in [-0.2, -0.15) is 0 Å². The van der Waals surface area contributed by atoms with E-state index in [0.29, 0.717) is 6.61 Å². The number of ether oxygens (including phenoxy) is 2. The summed E-state index contributed by atoms with van der Waals surface area (Å²) in [5.74, 6) is -0.0962. The lowest BCUT2D eigenvalue weighted by atomic mass is 10.1. The Labute approximate surface area is 113 Å². The summed E-state index contributed by atoms with van der Waals surface area (Å²) >= 11 is 0. The monoisotopic (exact) mass is 261 g/mol. The van der Waals surface area contributed by atoms with Crippen LogP contribution in [0.5, 0.6) is 0 Å². The smallest absolute Gasteiger partial charge is 0.217 e. The summed E-state index contributed by atoms with van der Waals surface area (Å²) in [4.78, 5) is 11.2. The average Bonchev–Trinajstić information content (AvgIpc) is 2.40. The van der Waals surface area contributed by atoms with Gasteiger partial charge in [0.15, 0.2) is 6.29 Å². The highest BCUT2D eigenvalue weighted by Crippen LogP contribution is 2.16. The van der Waals surface area contributed by atoms with Gasteiger partial charge in [-0.3, -0.25) is 4.79 Å². The van der Waals surface area contributed by atoms with Gasteiger partial charge < -0.3 is 14.8 Å². The van der Waals surface area contributed by atoms with Crippen LogP contribution in [0.25, 0.3) is 0 Å². The van der Waals surface area contributed by atoms with Crippen molar-refractivity contribution in [2.24, 2.45) is 0 Å². The van der Waals surface area contributed by atoms with Crippen LogP contribution in [0.15, 0.2) is 42.5 Å². The first-order valence-electron chi connectivity index (χ1n) is 6.41. The van der Waals surface area contributed by atoms with Crippen molar-refractivity contribution in [3.05, 3.63) is 48.0 Å². The Kier molecular flexibility index (Phi) is 4.71. The standard InChI is InChI=1S/C15H19NO3/c1-11-8-9-14(16-12(2)17)15(19-11)18-10-13-6-4-3-5-7-13/h3-9,11,14-15H,10H2,1-2H3,(H,16,17)/t11-,14+,15+/m0/s1. The van der Waals surface area contributed by atoms with Crippen molar-refractivity contribution in [2.75, 3.05) is 0 Å². The second-order valence-corrected chi connectivity index (χ2v) is 4.62. The zero-order valence-corrected chi connectivity index (χ0v) is 11.2. The van der Waals surface area contributed by atoms with Crippen molar-refractivity contribution in [3.63, 3.8) is 0 Å². The molecule has 0 saturated heterocycles. The van der Waals surface area contributed by atoms with E-state index in [0.717, 1.165) is 5.56 Å². The zero-order chi connectivity index (χ0) is 13.7. The molecule has 0 spiro atoms. The summed E-state index contributed by atoms with van der Waals surface area (Å²) in [6.45, 7) is 3.89. The molecule has 0 fully saturated rings. The maximum absolute atomic E-state index is 11.2. The Morgan fingerprint density at radius 3 is 2.74 bits per heavy atom. The number of carbonyl (C=O) groups excluding carboxylic acids is 1. The van der Waals surface area contributed by atoms with E-state index in [4.69, 9.17) is 9.47 Å². The van der Waals surface area contributed by atoms with Crippen LogP contribution in [0.1, 0.15) is 19.4 Å². The van der Waals surface area contributed by atoms with Crippen LogP contribution < -0.4 is 5.32 Å². The van der Waals surface area contributed by atoms with Crippen molar-refractivity contribution in [3.8, 4) is 0 Å². The minimum absolute atomic E-state index is 0.00854. The number of hydrogen-bond acceptors (Lipinski definition) is 3.